The maximum Gasteiger partial charge on any atom is -0.0264 e. The molecule has 0 saturated heterocycles. The van der Waals surface area contributed by atoms with Gasteiger partial charge in [-0.05, 0) is 110 Å². The lowest BCUT2D eigenvalue weighted by molar-refractivity contribution is -0.114. The van der Waals surface area contributed by atoms with Crippen LogP contribution in [0.15, 0.2) is 0 Å². The summed E-state index contributed by atoms with van der Waals surface area (Å²) in [6.07, 6.45) is 18.4. The Morgan fingerprint density at radius 1 is 0.714 bits per heavy atom. The van der Waals surface area contributed by atoms with Crippen molar-refractivity contribution < 1.29 is 0 Å². The Morgan fingerprint density at radius 3 is 2.21 bits per heavy atom. The molecule has 0 aromatic carbocycles. The van der Waals surface area contributed by atoms with E-state index in [2.05, 4.69) is 41.5 Å². The molecule has 162 valence electrons. The summed E-state index contributed by atoms with van der Waals surface area (Å²) in [5.74, 6) is 7.96. The summed E-state index contributed by atoms with van der Waals surface area (Å²) >= 11 is 0. The Labute approximate surface area is 177 Å². The van der Waals surface area contributed by atoms with Gasteiger partial charge in [0.15, 0.2) is 0 Å². The lowest BCUT2D eigenvalue weighted by Crippen LogP contribution is -2.53. The highest BCUT2D eigenvalue weighted by Gasteiger charge is 2.60. The molecule has 4 saturated carbocycles. The number of hydrogen-bond acceptors (Lipinski definition) is 0. The predicted molar refractivity (Wildman–Crippen MR) is 122 cm³/mol. The lowest BCUT2D eigenvalue weighted by atomic mass is 9.44. The Morgan fingerprint density at radius 2 is 1.46 bits per heavy atom. The summed E-state index contributed by atoms with van der Waals surface area (Å²) in [4.78, 5) is 0. The van der Waals surface area contributed by atoms with Crippen molar-refractivity contribution in [2.24, 2.45) is 58.2 Å². The van der Waals surface area contributed by atoms with Crippen molar-refractivity contribution in [2.45, 2.75) is 119 Å². The van der Waals surface area contributed by atoms with Crippen LogP contribution in [0.2, 0.25) is 0 Å². The SMILES string of the molecule is CC(C)[C@@H](C)CC[C@@H](C)[C@H]1CC[C@H]2[C@@H]3CC[C@@H]4CCCC[C@]4(C)[C@H]3CC[C@]12C. The summed E-state index contributed by atoms with van der Waals surface area (Å²) in [5, 5.41) is 0. The molecule has 4 fully saturated rings. The summed E-state index contributed by atoms with van der Waals surface area (Å²) in [7, 11) is 0. The molecule has 0 nitrogen and oxygen atoms in total. The molecule has 0 aromatic heterocycles. The first-order chi connectivity index (χ1) is 13.3. The summed E-state index contributed by atoms with van der Waals surface area (Å²) in [6, 6.07) is 0. The molecule has 0 bridgehead atoms. The van der Waals surface area contributed by atoms with E-state index >= 15 is 0 Å². The second-order valence-corrected chi connectivity index (χ2v) is 12.9. The molecule has 9 atom stereocenters. The van der Waals surface area contributed by atoms with Crippen LogP contribution < -0.4 is 0 Å². The third-order valence-corrected chi connectivity index (χ3v) is 11.6. The van der Waals surface area contributed by atoms with Gasteiger partial charge in [-0.2, -0.15) is 0 Å². The van der Waals surface area contributed by atoms with Crippen LogP contribution in [-0.4, -0.2) is 0 Å². The molecule has 0 heterocycles. The molecule has 28 heavy (non-hydrogen) atoms. The van der Waals surface area contributed by atoms with Gasteiger partial charge >= 0.3 is 0 Å². The molecule has 0 amide bonds. The monoisotopic (exact) mass is 386 g/mol. The van der Waals surface area contributed by atoms with Crippen molar-refractivity contribution in [1.82, 2.24) is 0 Å². The van der Waals surface area contributed by atoms with E-state index in [0.717, 1.165) is 47.3 Å². The number of fused-ring (bicyclic) bond motifs is 5. The topological polar surface area (TPSA) is 0 Å². The largest absolute Gasteiger partial charge is 0.0625 e. The van der Waals surface area contributed by atoms with Gasteiger partial charge in [0.25, 0.3) is 0 Å². The van der Waals surface area contributed by atoms with E-state index in [-0.39, 0.29) is 0 Å². The van der Waals surface area contributed by atoms with E-state index in [4.69, 9.17) is 0 Å². The maximum atomic E-state index is 2.75. The van der Waals surface area contributed by atoms with Crippen LogP contribution in [0.5, 0.6) is 0 Å². The van der Waals surface area contributed by atoms with E-state index in [1.54, 1.807) is 51.4 Å². The maximum absolute atomic E-state index is 2.75. The molecule has 0 aliphatic heterocycles. The zero-order chi connectivity index (χ0) is 20.1. The molecular formula is C28H50. The van der Waals surface area contributed by atoms with Crippen LogP contribution in [0.1, 0.15) is 119 Å². The molecule has 0 N–H and O–H groups in total. The average molecular weight is 387 g/mol. The highest BCUT2D eigenvalue weighted by atomic mass is 14.6. The zero-order valence-electron chi connectivity index (χ0n) is 20.1. The van der Waals surface area contributed by atoms with Crippen LogP contribution >= 0.6 is 0 Å². The van der Waals surface area contributed by atoms with Crippen LogP contribution in [0.3, 0.4) is 0 Å². The average Bonchev–Trinajstić information content (AvgIpc) is 3.02. The quantitative estimate of drug-likeness (QED) is 0.443. The molecule has 0 aromatic rings. The molecule has 0 heteroatoms. The first kappa shape index (κ1) is 21.2. The van der Waals surface area contributed by atoms with Gasteiger partial charge in [-0.3, -0.25) is 0 Å². The summed E-state index contributed by atoms with van der Waals surface area (Å²) in [5.41, 5.74) is 1.37. The fourth-order valence-corrected chi connectivity index (χ4v) is 9.33. The van der Waals surface area contributed by atoms with Crippen LogP contribution in [0.4, 0.5) is 0 Å². The molecule has 0 unspecified atom stereocenters. The first-order valence-corrected chi connectivity index (χ1v) is 13.3. The third kappa shape index (κ3) is 3.41. The summed E-state index contributed by atoms with van der Waals surface area (Å²) < 4.78 is 0. The van der Waals surface area contributed by atoms with Crippen LogP contribution in [0.25, 0.3) is 0 Å². The first-order valence-electron chi connectivity index (χ1n) is 13.3. The standard InChI is InChI=1S/C28H50/c1-19(2)20(3)10-11-21(4)24-14-15-25-23-13-12-22-9-7-8-17-27(22,5)26(23)16-18-28(24,25)6/h19-26H,7-18H2,1-6H3/t20-,21+,22-,23-,24+,25-,26-,27-,28+/m0/s1. The summed E-state index contributed by atoms with van der Waals surface area (Å²) in [6.45, 7) is 15.4. The van der Waals surface area contributed by atoms with E-state index in [9.17, 15) is 0 Å². The highest BCUT2D eigenvalue weighted by molar-refractivity contribution is 5.09. The molecular weight excluding hydrogens is 336 g/mol. The van der Waals surface area contributed by atoms with Crippen LogP contribution in [-0.2, 0) is 0 Å². The molecule has 4 rings (SSSR count). The van der Waals surface area contributed by atoms with Gasteiger partial charge in [-0.1, -0.05) is 67.2 Å². The van der Waals surface area contributed by atoms with E-state index in [1.807, 2.05) is 0 Å². The van der Waals surface area contributed by atoms with Crippen molar-refractivity contribution >= 4 is 0 Å². The minimum absolute atomic E-state index is 0.666. The number of rotatable bonds is 5. The van der Waals surface area contributed by atoms with Crippen molar-refractivity contribution in [3.63, 3.8) is 0 Å². The zero-order valence-corrected chi connectivity index (χ0v) is 20.1. The Hall–Kier alpha value is 0. The van der Waals surface area contributed by atoms with Gasteiger partial charge in [0.05, 0.1) is 0 Å². The Balaban J connectivity index is 1.46. The number of hydrogen-bond donors (Lipinski definition) is 0. The lowest BCUT2D eigenvalue weighted by Gasteiger charge is -2.61. The van der Waals surface area contributed by atoms with Crippen molar-refractivity contribution in [3.8, 4) is 0 Å². The Bertz CT molecular complexity index is 534. The van der Waals surface area contributed by atoms with Gasteiger partial charge in [0.2, 0.25) is 0 Å². The van der Waals surface area contributed by atoms with Crippen LogP contribution in [0, 0.1) is 58.2 Å². The van der Waals surface area contributed by atoms with Gasteiger partial charge in [0, 0.05) is 0 Å². The van der Waals surface area contributed by atoms with E-state index in [1.165, 1.54) is 25.7 Å². The minimum atomic E-state index is 0.666. The molecule has 4 aliphatic rings. The highest BCUT2D eigenvalue weighted by Crippen LogP contribution is 2.68. The predicted octanol–water partition coefficient (Wildman–Crippen LogP) is 8.74. The third-order valence-electron chi connectivity index (χ3n) is 11.6. The fraction of sp³-hybridized carbons (Fsp3) is 1.00. The van der Waals surface area contributed by atoms with Gasteiger partial charge < -0.3 is 0 Å². The minimum Gasteiger partial charge on any atom is -0.0625 e. The Kier molecular flexibility index (Phi) is 6.01. The van der Waals surface area contributed by atoms with Crippen molar-refractivity contribution in [1.29, 1.82) is 0 Å². The van der Waals surface area contributed by atoms with Gasteiger partial charge in [0.1, 0.15) is 0 Å². The normalized spacial score (nSPS) is 47.9. The second kappa shape index (κ2) is 7.92. The second-order valence-electron chi connectivity index (χ2n) is 12.9. The molecule has 0 radical (unpaired) electrons. The molecule has 4 aliphatic carbocycles. The van der Waals surface area contributed by atoms with Crippen molar-refractivity contribution in [3.05, 3.63) is 0 Å². The van der Waals surface area contributed by atoms with E-state index in [0.29, 0.717) is 10.8 Å². The van der Waals surface area contributed by atoms with Gasteiger partial charge in [-0.25, -0.2) is 0 Å². The van der Waals surface area contributed by atoms with Gasteiger partial charge in [-0.15, -0.1) is 0 Å². The smallest absolute Gasteiger partial charge is 0.0264 e. The van der Waals surface area contributed by atoms with Crippen molar-refractivity contribution in [2.75, 3.05) is 0 Å². The molecule has 0 spiro atoms. The fourth-order valence-electron chi connectivity index (χ4n) is 9.33. The van der Waals surface area contributed by atoms with E-state index < -0.39 is 0 Å².